The fraction of sp³-hybridized carbons (Fsp3) is 0.500. The molecule has 4 nitrogen and oxygen atoms in total. The van der Waals surface area contributed by atoms with E-state index in [1.165, 1.54) is 12.3 Å². The minimum atomic E-state index is -2.61. The molecule has 1 saturated carbocycles. The first-order chi connectivity index (χ1) is 6.49. The van der Waals surface area contributed by atoms with Gasteiger partial charge in [-0.15, -0.1) is 0 Å². The van der Waals surface area contributed by atoms with Crippen molar-refractivity contribution in [1.82, 2.24) is 9.55 Å². The van der Waals surface area contributed by atoms with Gasteiger partial charge in [0.1, 0.15) is 5.82 Å². The number of nitrogens with two attached hydrogens (primary N) is 1. The van der Waals surface area contributed by atoms with Crippen LogP contribution in [0.2, 0.25) is 0 Å². The van der Waals surface area contributed by atoms with E-state index in [9.17, 15) is 13.6 Å². The molecule has 0 radical (unpaired) electrons. The number of anilines is 1. The van der Waals surface area contributed by atoms with Crippen LogP contribution in [-0.4, -0.2) is 15.5 Å². The Bertz CT molecular complexity index is 415. The second-order valence-electron chi connectivity index (χ2n) is 3.45. The Morgan fingerprint density at radius 3 is 2.86 bits per heavy atom. The van der Waals surface area contributed by atoms with Crippen LogP contribution >= 0.6 is 0 Å². The Morgan fingerprint density at radius 2 is 2.36 bits per heavy atom. The summed E-state index contributed by atoms with van der Waals surface area (Å²) in [6, 6.07) is 1.42. The highest BCUT2D eigenvalue weighted by Crippen LogP contribution is 2.49. The molecule has 2 N–H and O–H groups in total. The number of hydrogen-bond acceptors (Lipinski definition) is 3. The molecule has 1 aromatic rings. The zero-order valence-electron chi connectivity index (χ0n) is 7.28. The van der Waals surface area contributed by atoms with E-state index >= 15 is 0 Å². The minimum Gasteiger partial charge on any atom is -0.383 e. The highest BCUT2D eigenvalue weighted by molar-refractivity contribution is 5.23. The lowest BCUT2D eigenvalue weighted by Crippen LogP contribution is -2.24. The fourth-order valence-electron chi connectivity index (χ4n) is 1.29. The van der Waals surface area contributed by atoms with Crippen LogP contribution in [0.1, 0.15) is 6.42 Å². The Hall–Kier alpha value is -1.46. The molecule has 0 spiro atoms. The number of nitrogen functional groups attached to an aromatic ring is 1. The Balaban J connectivity index is 2.15. The topological polar surface area (TPSA) is 60.9 Å². The molecular formula is C8H9F2N3O. The highest BCUT2D eigenvalue weighted by atomic mass is 19.3. The Labute approximate surface area is 78.4 Å². The normalized spacial score (nSPS) is 23.4. The summed E-state index contributed by atoms with van der Waals surface area (Å²) in [4.78, 5) is 14.6. The van der Waals surface area contributed by atoms with E-state index in [4.69, 9.17) is 5.73 Å². The number of nitrogens with zero attached hydrogens (tertiary/aromatic N) is 2. The largest absolute Gasteiger partial charge is 0.383 e. The summed E-state index contributed by atoms with van der Waals surface area (Å²) in [7, 11) is 0. The molecule has 1 heterocycles. The maximum Gasteiger partial charge on any atom is 0.349 e. The third kappa shape index (κ3) is 1.59. The molecular weight excluding hydrogens is 192 g/mol. The highest BCUT2D eigenvalue weighted by Gasteiger charge is 2.56. The second kappa shape index (κ2) is 2.76. The van der Waals surface area contributed by atoms with Gasteiger partial charge in [0.25, 0.3) is 5.92 Å². The van der Waals surface area contributed by atoms with Crippen molar-refractivity contribution in [2.24, 2.45) is 5.92 Å². The van der Waals surface area contributed by atoms with Gasteiger partial charge in [0, 0.05) is 25.1 Å². The van der Waals surface area contributed by atoms with E-state index in [-0.39, 0.29) is 18.8 Å². The lowest BCUT2D eigenvalue weighted by atomic mass is 10.4. The fourth-order valence-corrected chi connectivity index (χ4v) is 1.29. The van der Waals surface area contributed by atoms with Crippen molar-refractivity contribution in [2.45, 2.75) is 18.9 Å². The summed E-state index contributed by atoms with van der Waals surface area (Å²) in [6.45, 7) is 0.0130. The van der Waals surface area contributed by atoms with Crippen LogP contribution < -0.4 is 11.4 Å². The first-order valence-corrected chi connectivity index (χ1v) is 4.20. The van der Waals surface area contributed by atoms with Crippen molar-refractivity contribution in [3.8, 4) is 0 Å². The van der Waals surface area contributed by atoms with Crippen molar-refractivity contribution >= 4 is 5.82 Å². The third-order valence-electron chi connectivity index (χ3n) is 2.27. The molecule has 14 heavy (non-hydrogen) atoms. The lowest BCUT2D eigenvalue weighted by Gasteiger charge is -2.03. The smallest absolute Gasteiger partial charge is 0.349 e. The molecule has 0 bridgehead atoms. The van der Waals surface area contributed by atoms with Gasteiger partial charge < -0.3 is 5.73 Å². The van der Waals surface area contributed by atoms with Gasteiger partial charge in [-0.1, -0.05) is 0 Å². The van der Waals surface area contributed by atoms with Gasteiger partial charge in [0.05, 0.1) is 0 Å². The molecule has 1 aliphatic rings. The second-order valence-corrected chi connectivity index (χ2v) is 3.45. The molecule has 1 atom stereocenters. The zero-order valence-corrected chi connectivity index (χ0v) is 7.28. The predicted octanol–water partition coefficient (Wildman–Crippen LogP) is 0.481. The van der Waals surface area contributed by atoms with Crippen molar-refractivity contribution in [3.05, 3.63) is 22.7 Å². The van der Waals surface area contributed by atoms with Gasteiger partial charge in [0.2, 0.25) is 0 Å². The number of rotatable bonds is 2. The van der Waals surface area contributed by atoms with Crippen LogP contribution in [0.3, 0.4) is 0 Å². The first kappa shape index (κ1) is 9.11. The van der Waals surface area contributed by atoms with Crippen LogP contribution in [0.25, 0.3) is 0 Å². The van der Waals surface area contributed by atoms with E-state index in [2.05, 4.69) is 4.98 Å². The first-order valence-electron chi connectivity index (χ1n) is 4.20. The Morgan fingerprint density at radius 1 is 1.71 bits per heavy atom. The van der Waals surface area contributed by atoms with Crippen molar-refractivity contribution in [2.75, 3.05) is 5.73 Å². The van der Waals surface area contributed by atoms with Gasteiger partial charge >= 0.3 is 5.69 Å². The van der Waals surface area contributed by atoms with Crippen LogP contribution in [0, 0.1) is 5.92 Å². The van der Waals surface area contributed by atoms with Crippen LogP contribution in [-0.2, 0) is 6.54 Å². The average molecular weight is 201 g/mol. The molecule has 0 aromatic carbocycles. The van der Waals surface area contributed by atoms with Crippen molar-refractivity contribution in [3.63, 3.8) is 0 Å². The maximum absolute atomic E-state index is 12.5. The van der Waals surface area contributed by atoms with E-state index < -0.39 is 17.5 Å². The van der Waals surface area contributed by atoms with Gasteiger partial charge in [-0.25, -0.2) is 13.6 Å². The van der Waals surface area contributed by atoms with Crippen molar-refractivity contribution < 1.29 is 8.78 Å². The zero-order chi connectivity index (χ0) is 10.3. The predicted molar refractivity (Wildman–Crippen MR) is 46.0 cm³/mol. The number of alkyl halides is 2. The van der Waals surface area contributed by atoms with Gasteiger partial charge in [-0.05, 0) is 6.07 Å². The van der Waals surface area contributed by atoms with Gasteiger partial charge in [-0.2, -0.15) is 4.98 Å². The lowest BCUT2D eigenvalue weighted by molar-refractivity contribution is 0.0948. The third-order valence-corrected chi connectivity index (χ3v) is 2.27. The van der Waals surface area contributed by atoms with Crippen LogP contribution in [0.4, 0.5) is 14.6 Å². The maximum atomic E-state index is 12.5. The summed E-state index contributed by atoms with van der Waals surface area (Å²) >= 11 is 0. The molecule has 76 valence electrons. The van der Waals surface area contributed by atoms with E-state index in [1.807, 2.05) is 0 Å². The molecule has 0 aliphatic heterocycles. The standard InChI is InChI=1S/C8H9F2N3O/c9-8(10)3-5(8)4-13-2-1-6(11)12-7(13)14/h1-2,5H,3-4H2,(H2,11,12,14). The summed E-state index contributed by atoms with van der Waals surface area (Å²) in [5.41, 5.74) is 4.68. The quantitative estimate of drug-likeness (QED) is 0.757. The van der Waals surface area contributed by atoms with Gasteiger partial charge in [-0.3, -0.25) is 4.57 Å². The molecule has 1 fully saturated rings. The molecule has 2 rings (SSSR count). The summed E-state index contributed by atoms with van der Waals surface area (Å²) in [5, 5.41) is 0. The molecule has 1 aromatic heterocycles. The summed E-state index contributed by atoms with van der Waals surface area (Å²) in [6.07, 6.45) is 1.24. The average Bonchev–Trinajstić information content (AvgIpc) is 2.65. The van der Waals surface area contributed by atoms with E-state index in [1.54, 1.807) is 0 Å². The molecule has 1 aliphatic carbocycles. The summed E-state index contributed by atoms with van der Waals surface area (Å²) in [5.74, 6) is -3.24. The molecule has 0 saturated heterocycles. The summed E-state index contributed by atoms with van der Waals surface area (Å²) < 4.78 is 26.2. The van der Waals surface area contributed by atoms with E-state index in [0.717, 1.165) is 4.57 Å². The Kier molecular flexibility index (Phi) is 1.80. The minimum absolute atomic E-state index is 0.0130. The van der Waals surface area contributed by atoms with Crippen LogP contribution in [0.15, 0.2) is 17.1 Å². The van der Waals surface area contributed by atoms with E-state index in [0.29, 0.717) is 0 Å². The number of hydrogen-bond donors (Lipinski definition) is 1. The molecule has 0 amide bonds. The van der Waals surface area contributed by atoms with Gasteiger partial charge in [0.15, 0.2) is 0 Å². The molecule has 1 unspecified atom stereocenters. The monoisotopic (exact) mass is 201 g/mol. The number of aromatic nitrogens is 2. The molecule has 6 heteroatoms. The van der Waals surface area contributed by atoms with Crippen molar-refractivity contribution in [1.29, 1.82) is 0 Å². The SMILES string of the molecule is Nc1ccn(CC2CC2(F)F)c(=O)n1. The number of halogens is 2. The van der Waals surface area contributed by atoms with Crippen LogP contribution in [0.5, 0.6) is 0 Å².